The van der Waals surface area contributed by atoms with Gasteiger partial charge in [-0.1, -0.05) is 6.07 Å². The summed E-state index contributed by atoms with van der Waals surface area (Å²) in [6.07, 6.45) is 0. The highest BCUT2D eigenvalue weighted by molar-refractivity contribution is 5.93. The molecule has 0 atom stereocenters. The first-order valence-corrected chi connectivity index (χ1v) is 7.77. The van der Waals surface area contributed by atoms with Gasteiger partial charge in [-0.2, -0.15) is 0 Å². The third kappa shape index (κ3) is 6.18. The molecule has 0 fully saturated rings. The fourth-order valence-corrected chi connectivity index (χ4v) is 2.25. The van der Waals surface area contributed by atoms with Crippen molar-refractivity contribution in [2.24, 2.45) is 0 Å². The average Bonchev–Trinajstić information content (AvgIpc) is 2.57. The molecular weight excluding hydrogens is 322 g/mol. The second-order valence-electron chi connectivity index (χ2n) is 5.55. The first kappa shape index (κ1) is 18.3. The van der Waals surface area contributed by atoms with Gasteiger partial charge in [0.1, 0.15) is 11.5 Å². The number of carbonyl (C=O) groups is 2. The largest absolute Gasteiger partial charge is 0.497 e. The summed E-state index contributed by atoms with van der Waals surface area (Å²) in [4.78, 5) is 23.5. The van der Waals surface area contributed by atoms with Gasteiger partial charge in [-0.15, -0.1) is 0 Å². The van der Waals surface area contributed by atoms with Crippen LogP contribution in [0.15, 0.2) is 42.5 Å². The van der Waals surface area contributed by atoms with Crippen molar-refractivity contribution in [3.8, 4) is 11.5 Å². The van der Waals surface area contributed by atoms with E-state index in [4.69, 9.17) is 14.2 Å². The summed E-state index contributed by atoms with van der Waals surface area (Å²) >= 11 is 0. The maximum absolute atomic E-state index is 11.8. The van der Waals surface area contributed by atoms with Crippen LogP contribution in [-0.2, 0) is 14.3 Å². The van der Waals surface area contributed by atoms with Crippen LogP contribution in [0.2, 0.25) is 0 Å². The molecular formula is C19H21NO5. The van der Waals surface area contributed by atoms with Gasteiger partial charge >= 0.3 is 5.97 Å². The Hall–Kier alpha value is -3.02. The Labute approximate surface area is 146 Å². The topological polar surface area (TPSA) is 73.9 Å². The van der Waals surface area contributed by atoms with Crippen molar-refractivity contribution in [1.29, 1.82) is 0 Å². The fourth-order valence-electron chi connectivity index (χ4n) is 2.25. The molecule has 0 bridgehead atoms. The van der Waals surface area contributed by atoms with E-state index in [2.05, 4.69) is 5.32 Å². The van der Waals surface area contributed by atoms with Gasteiger partial charge in [-0.05, 0) is 61.4 Å². The number of aryl methyl sites for hydroxylation is 2. The molecule has 0 aliphatic carbocycles. The zero-order valence-corrected chi connectivity index (χ0v) is 14.5. The van der Waals surface area contributed by atoms with Crippen LogP contribution in [-0.4, -0.2) is 32.2 Å². The number of nitrogens with one attached hydrogen (secondary N) is 1. The third-order valence-corrected chi connectivity index (χ3v) is 3.29. The molecule has 132 valence electrons. The Morgan fingerprint density at radius 1 is 0.920 bits per heavy atom. The molecule has 0 spiro atoms. The molecule has 0 radical (unpaired) electrons. The summed E-state index contributed by atoms with van der Waals surface area (Å²) in [6.45, 7) is 3.25. The molecule has 0 aliphatic heterocycles. The van der Waals surface area contributed by atoms with Crippen molar-refractivity contribution in [3.05, 3.63) is 53.6 Å². The molecule has 1 amide bonds. The lowest BCUT2D eigenvalue weighted by Gasteiger charge is -2.09. The van der Waals surface area contributed by atoms with Gasteiger partial charge in [0.15, 0.2) is 13.2 Å². The van der Waals surface area contributed by atoms with E-state index < -0.39 is 11.9 Å². The molecule has 0 aliphatic rings. The van der Waals surface area contributed by atoms with Crippen LogP contribution in [0.5, 0.6) is 11.5 Å². The van der Waals surface area contributed by atoms with Crippen molar-refractivity contribution in [1.82, 2.24) is 0 Å². The third-order valence-electron chi connectivity index (χ3n) is 3.29. The molecule has 6 nitrogen and oxygen atoms in total. The molecule has 0 heterocycles. The highest BCUT2D eigenvalue weighted by atomic mass is 16.6. The van der Waals surface area contributed by atoms with Gasteiger partial charge in [0.05, 0.1) is 7.11 Å². The Bertz CT molecular complexity index is 720. The van der Waals surface area contributed by atoms with Gasteiger partial charge in [-0.3, -0.25) is 4.79 Å². The molecule has 1 N–H and O–H groups in total. The number of rotatable bonds is 7. The first-order chi connectivity index (χ1) is 12.0. The van der Waals surface area contributed by atoms with E-state index in [0.717, 1.165) is 11.1 Å². The van der Waals surface area contributed by atoms with E-state index in [9.17, 15) is 9.59 Å². The molecule has 2 aromatic carbocycles. The predicted octanol–water partition coefficient (Wildman–Crippen LogP) is 2.87. The maximum Gasteiger partial charge on any atom is 0.344 e. The summed E-state index contributed by atoms with van der Waals surface area (Å²) in [5.74, 6) is 0.185. The Morgan fingerprint density at radius 3 is 2.12 bits per heavy atom. The summed E-state index contributed by atoms with van der Waals surface area (Å²) in [6, 6.07) is 12.5. The zero-order chi connectivity index (χ0) is 18.2. The molecule has 6 heteroatoms. The van der Waals surface area contributed by atoms with Crippen LogP contribution < -0.4 is 14.8 Å². The minimum absolute atomic E-state index is 0.275. The van der Waals surface area contributed by atoms with Crippen molar-refractivity contribution in [2.75, 3.05) is 25.6 Å². The number of anilines is 1. The summed E-state index contributed by atoms with van der Waals surface area (Å²) < 4.78 is 15.2. The fraction of sp³-hybridized carbons (Fsp3) is 0.263. The van der Waals surface area contributed by atoms with Crippen LogP contribution in [0.3, 0.4) is 0 Å². The first-order valence-electron chi connectivity index (χ1n) is 7.77. The number of amides is 1. The number of ether oxygens (including phenoxy) is 3. The second kappa shape index (κ2) is 8.73. The number of carbonyl (C=O) groups excluding carboxylic acids is 2. The monoisotopic (exact) mass is 343 g/mol. The molecule has 2 aromatic rings. The van der Waals surface area contributed by atoms with E-state index in [1.807, 2.05) is 32.0 Å². The van der Waals surface area contributed by atoms with E-state index in [1.54, 1.807) is 31.4 Å². The van der Waals surface area contributed by atoms with Gasteiger partial charge in [0, 0.05) is 5.69 Å². The SMILES string of the molecule is COc1ccc(OCC(=O)OCC(=O)Nc2cc(C)cc(C)c2)cc1. The number of hydrogen-bond donors (Lipinski definition) is 1. The number of esters is 1. The quantitative estimate of drug-likeness (QED) is 0.783. The van der Waals surface area contributed by atoms with Crippen molar-refractivity contribution < 1.29 is 23.8 Å². The summed E-state index contributed by atoms with van der Waals surface area (Å²) in [5.41, 5.74) is 2.76. The van der Waals surface area contributed by atoms with E-state index in [1.165, 1.54) is 0 Å². The number of benzene rings is 2. The lowest BCUT2D eigenvalue weighted by Crippen LogP contribution is -2.23. The lowest BCUT2D eigenvalue weighted by atomic mass is 10.1. The predicted molar refractivity (Wildman–Crippen MR) is 94.0 cm³/mol. The standard InChI is InChI=1S/C19H21NO5/c1-13-8-14(2)10-15(9-13)20-18(21)11-25-19(22)12-24-17-6-4-16(23-3)5-7-17/h4-10H,11-12H2,1-3H3,(H,20,21). The second-order valence-corrected chi connectivity index (χ2v) is 5.55. The van der Waals surface area contributed by atoms with Crippen LogP contribution in [0, 0.1) is 13.8 Å². The van der Waals surface area contributed by atoms with Gasteiger partial charge < -0.3 is 19.5 Å². The Balaban J connectivity index is 1.74. The van der Waals surface area contributed by atoms with Crippen molar-refractivity contribution >= 4 is 17.6 Å². The van der Waals surface area contributed by atoms with Crippen molar-refractivity contribution in [2.45, 2.75) is 13.8 Å². The van der Waals surface area contributed by atoms with E-state index in [0.29, 0.717) is 17.2 Å². The number of methoxy groups -OCH3 is 1. The summed E-state index contributed by atoms with van der Waals surface area (Å²) in [7, 11) is 1.57. The highest BCUT2D eigenvalue weighted by Gasteiger charge is 2.09. The Kier molecular flexibility index (Phi) is 6.39. The molecule has 0 saturated carbocycles. The van der Waals surface area contributed by atoms with Crippen LogP contribution in [0.4, 0.5) is 5.69 Å². The van der Waals surface area contributed by atoms with E-state index in [-0.39, 0.29) is 13.2 Å². The normalized spacial score (nSPS) is 10.0. The minimum Gasteiger partial charge on any atom is -0.497 e. The van der Waals surface area contributed by atoms with Crippen LogP contribution in [0.1, 0.15) is 11.1 Å². The molecule has 0 aromatic heterocycles. The van der Waals surface area contributed by atoms with Crippen LogP contribution >= 0.6 is 0 Å². The molecule has 0 saturated heterocycles. The Morgan fingerprint density at radius 2 is 1.52 bits per heavy atom. The lowest BCUT2D eigenvalue weighted by molar-refractivity contribution is -0.149. The summed E-state index contributed by atoms with van der Waals surface area (Å²) in [5, 5.41) is 2.69. The minimum atomic E-state index is -0.619. The molecule has 0 unspecified atom stereocenters. The molecule has 2 rings (SSSR count). The zero-order valence-electron chi connectivity index (χ0n) is 14.5. The number of hydrogen-bond acceptors (Lipinski definition) is 5. The average molecular weight is 343 g/mol. The van der Waals surface area contributed by atoms with Gasteiger partial charge in [0.2, 0.25) is 0 Å². The van der Waals surface area contributed by atoms with Gasteiger partial charge in [-0.25, -0.2) is 4.79 Å². The van der Waals surface area contributed by atoms with E-state index >= 15 is 0 Å². The highest BCUT2D eigenvalue weighted by Crippen LogP contribution is 2.17. The molecule has 25 heavy (non-hydrogen) atoms. The van der Waals surface area contributed by atoms with Gasteiger partial charge in [0.25, 0.3) is 5.91 Å². The van der Waals surface area contributed by atoms with Crippen molar-refractivity contribution in [3.63, 3.8) is 0 Å². The van der Waals surface area contributed by atoms with Crippen LogP contribution in [0.25, 0.3) is 0 Å². The smallest absolute Gasteiger partial charge is 0.344 e. The maximum atomic E-state index is 11.8.